The van der Waals surface area contributed by atoms with E-state index in [4.69, 9.17) is 0 Å². The Kier molecular flexibility index (Phi) is 26.2. The molecule has 0 bridgehead atoms. The molecular weight excluding hydrogens is 793 g/mol. The van der Waals surface area contributed by atoms with Crippen molar-refractivity contribution in [1.82, 2.24) is 0 Å². The zero-order valence-corrected chi connectivity index (χ0v) is 36.2. The van der Waals surface area contributed by atoms with Gasteiger partial charge < -0.3 is 0 Å². The van der Waals surface area contributed by atoms with Crippen molar-refractivity contribution in [2.45, 2.75) is 77.7 Å². The van der Waals surface area contributed by atoms with E-state index in [1.807, 2.05) is 0 Å². The molecule has 0 aliphatic carbocycles. The minimum atomic E-state index is -3.62. The van der Waals surface area contributed by atoms with E-state index in [-0.39, 0.29) is 83.2 Å². The highest BCUT2D eigenvalue weighted by molar-refractivity contribution is 7.94. The molecule has 0 rings (SSSR count). The molecule has 0 aromatic carbocycles. The van der Waals surface area contributed by atoms with Crippen LogP contribution in [0.4, 0.5) is 0 Å². The number of hydrogen-bond acceptors (Lipinski definition) is 12. The molecule has 0 spiro atoms. The Morgan fingerprint density at radius 1 is 0.308 bits per heavy atom. The Bertz CT molecular complexity index is 1650. The minimum absolute atomic E-state index is 0.0983. The Balaban J connectivity index is 0. The highest BCUT2D eigenvalue weighted by atomic mass is 32.2. The van der Waals surface area contributed by atoms with Gasteiger partial charge in [-0.3, -0.25) is 0 Å². The van der Waals surface area contributed by atoms with Crippen LogP contribution in [-0.4, -0.2) is 119 Å². The molecule has 0 saturated carbocycles. The molecular formula is C34H60O12S6. The minimum Gasteiger partial charge on any atom is -0.229 e. The van der Waals surface area contributed by atoms with Crippen LogP contribution in [-0.2, 0) is 59.0 Å². The fourth-order valence-electron chi connectivity index (χ4n) is 4.29. The summed E-state index contributed by atoms with van der Waals surface area (Å²) in [5.74, 6) is -2.18. The molecule has 0 fully saturated rings. The van der Waals surface area contributed by atoms with Gasteiger partial charge in [-0.05, 0) is 67.2 Å². The van der Waals surface area contributed by atoms with Gasteiger partial charge in [0.05, 0.1) is 68.0 Å². The van der Waals surface area contributed by atoms with Crippen LogP contribution in [0.15, 0.2) is 72.9 Å². The first-order chi connectivity index (χ1) is 24.0. The van der Waals surface area contributed by atoms with Crippen molar-refractivity contribution in [3.05, 3.63) is 72.9 Å². The highest BCUT2D eigenvalue weighted by Gasteiger charge is 2.29. The summed E-state index contributed by atoms with van der Waals surface area (Å²) in [4.78, 5) is 0. The molecule has 0 unspecified atom stereocenters. The summed E-state index contributed by atoms with van der Waals surface area (Å²) in [7, 11) is -20.9. The van der Waals surface area contributed by atoms with Gasteiger partial charge in [0.15, 0.2) is 59.0 Å². The Hall–Kier alpha value is -1.86. The SMILES string of the molecule is CC=CCS(=O)(=O)CCC(CCS(=O)(=O)CC=CC)S(=O)(=O)CC=CC.CC=CCS(=O)(=O)CCC(CCS(=O)(=O)CC=CC)S(=O)(=O)CC=CC. The van der Waals surface area contributed by atoms with Crippen molar-refractivity contribution in [2.75, 3.05) is 57.5 Å². The molecule has 12 nitrogen and oxygen atoms in total. The monoisotopic (exact) mass is 852 g/mol. The van der Waals surface area contributed by atoms with Crippen molar-refractivity contribution in [1.29, 1.82) is 0 Å². The van der Waals surface area contributed by atoms with E-state index in [2.05, 4.69) is 0 Å². The number of sulfone groups is 6. The topological polar surface area (TPSA) is 205 Å². The maximum Gasteiger partial charge on any atom is 0.156 e. The summed E-state index contributed by atoms with van der Waals surface area (Å²) in [5, 5.41) is -2.00. The number of allylic oxidation sites excluding steroid dienone is 6. The molecule has 304 valence electrons. The zero-order chi connectivity index (χ0) is 40.5. The van der Waals surface area contributed by atoms with Gasteiger partial charge in [-0.1, -0.05) is 72.9 Å². The summed E-state index contributed by atoms with van der Waals surface area (Å²) < 4.78 is 146. The average Bonchev–Trinajstić information content (AvgIpc) is 3.06. The highest BCUT2D eigenvalue weighted by Crippen LogP contribution is 2.17. The van der Waals surface area contributed by atoms with Crippen molar-refractivity contribution < 1.29 is 50.5 Å². The van der Waals surface area contributed by atoms with E-state index in [1.54, 1.807) is 78.0 Å². The molecule has 52 heavy (non-hydrogen) atoms. The first-order valence-corrected chi connectivity index (χ1v) is 27.6. The van der Waals surface area contributed by atoms with Crippen LogP contribution in [0.3, 0.4) is 0 Å². The molecule has 0 radical (unpaired) electrons. The Morgan fingerprint density at radius 2 is 0.481 bits per heavy atom. The van der Waals surface area contributed by atoms with Gasteiger partial charge in [0.25, 0.3) is 0 Å². The molecule has 0 atom stereocenters. The van der Waals surface area contributed by atoms with E-state index in [9.17, 15) is 50.5 Å². The molecule has 0 saturated heterocycles. The van der Waals surface area contributed by atoms with Crippen molar-refractivity contribution in [2.24, 2.45) is 0 Å². The normalized spacial score (nSPS) is 15.3. The Labute approximate surface area is 315 Å². The van der Waals surface area contributed by atoms with Gasteiger partial charge in [0.2, 0.25) is 0 Å². The first-order valence-electron chi connectivity index (χ1n) is 16.9. The summed E-state index contributed by atoms with van der Waals surface area (Å²) in [6.07, 6.45) is 18.2. The maximum absolute atomic E-state index is 12.5. The van der Waals surface area contributed by atoms with E-state index in [0.717, 1.165) is 0 Å². The Morgan fingerprint density at radius 3 is 0.654 bits per heavy atom. The second-order valence-corrected chi connectivity index (χ2v) is 25.5. The van der Waals surface area contributed by atoms with Crippen molar-refractivity contribution in [3.63, 3.8) is 0 Å². The smallest absolute Gasteiger partial charge is 0.156 e. The second kappa shape index (κ2) is 26.0. The second-order valence-electron chi connectivity index (χ2n) is 11.9. The summed E-state index contributed by atoms with van der Waals surface area (Å²) >= 11 is 0. The predicted octanol–water partition coefficient (Wildman–Crippen LogP) is 4.22. The lowest BCUT2D eigenvalue weighted by atomic mass is 10.3. The van der Waals surface area contributed by atoms with Gasteiger partial charge in [-0.2, -0.15) is 0 Å². The quantitative estimate of drug-likeness (QED) is 0.112. The molecule has 0 amide bonds. The van der Waals surface area contributed by atoms with Gasteiger partial charge in [0, 0.05) is 0 Å². The lowest BCUT2D eigenvalue weighted by molar-refractivity contribution is 0.563. The van der Waals surface area contributed by atoms with Crippen LogP contribution >= 0.6 is 0 Å². The standard InChI is InChI=1S/2C17H30O6S3/c2*1-4-7-12-24(18,19)15-10-17(26(22,23)14-9-6-3)11-16-25(20,21)13-8-5-2/h2*4-9,17H,10-16H2,1-3H3. The average molecular weight is 853 g/mol. The van der Waals surface area contributed by atoms with Gasteiger partial charge in [-0.15, -0.1) is 0 Å². The van der Waals surface area contributed by atoms with Gasteiger partial charge in [-0.25, -0.2) is 50.5 Å². The number of rotatable bonds is 26. The van der Waals surface area contributed by atoms with Crippen molar-refractivity contribution in [3.8, 4) is 0 Å². The fourth-order valence-corrected chi connectivity index (χ4v) is 13.4. The van der Waals surface area contributed by atoms with Crippen molar-refractivity contribution >= 4 is 59.0 Å². The van der Waals surface area contributed by atoms with E-state index < -0.39 is 69.5 Å². The molecule has 0 aliphatic rings. The molecule has 0 N–H and O–H groups in total. The summed E-state index contributed by atoms with van der Waals surface area (Å²) in [5.41, 5.74) is 0. The third-order valence-electron chi connectivity index (χ3n) is 7.49. The molecule has 0 aromatic heterocycles. The van der Waals surface area contributed by atoms with Crippen LogP contribution in [0.1, 0.15) is 67.2 Å². The van der Waals surface area contributed by atoms with Crippen LogP contribution in [0, 0.1) is 0 Å². The lowest BCUT2D eigenvalue weighted by Crippen LogP contribution is -2.29. The molecule has 0 aliphatic heterocycles. The lowest BCUT2D eigenvalue weighted by Gasteiger charge is -2.17. The number of hydrogen-bond donors (Lipinski definition) is 0. The summed E-state index contributed by atoms with van der Waals surface area (Å²) in [6, 6.07) is 0. The molecule has 0 heterocycles. The molecule has 18 heteroatoms. The van der Waals surface area contributed by atoms with Crippen LogP contribution in [0.5, 0.6) is 0 Å². The van der Waals surface area contributed by atoms with Gasteiger partial charge in [0.1, 0.15) is 0 Å². The predicted molar refractivity (Wildman–Crippen MR) is 217 cm³/mol. The summed E-state index contributed by atoms with van der Waals surface area (Å²) in [6.45, 7) is 10.2. The van der Waals surface area contributed by atoms with Crippen LogP contribution < -0.4 is 0 Å². The zero-order valence-electron chi connectivity index (χ0n) is 31.3. The van der Waals surface area contributed by atoms with E-state index in [1.165, 1.54) is 36.5 Å². The fraction of sp³-hybridized carbons (Fsp3) is 0.647. The van der Waals surface area contributed by atoms with Crippen LogP contribution in [0.25, 0.3) is 0 Å². The van der Waals surface area contributed by atoms with Gasteiger partial charge >= 0.3 is 0 Å². The van der Waals surface area contributed by atoms with E-state index >= 15 is 0 Å². The maximum atomic E-state index is 12.5. The third kappa shape index (κ3) is 26.0. The third-order valence-corrected chi connectivity index (χ3v) is 18.0. The van der Waals surface area contributed by atoms with Crippen LogP contribution in [0.2, 0.25) is 0 Å². The largest absolute Gasteiger partial charge is 0.229 e. The first kappa shape index (κ1) is 52.2. The molecule has 0 aromatic rings. The van der Waals surface area contributed by atoms with E-state index in [0.29, 0.717) is 0 Å².